The van der Waals surface area contributed by atoms with Gasteiger partial charge in [-0.15, -0.1) is 0 Å². The number of pyridine rings is 1. The summed E-state index contributed by atoms with van der Waals surface area (Å²) in [5.74, 6) is 0. The number of hydrogen-bond donors (Lipinski definition) is 0. The van der Waals surface area contributed by atoms with Crippen molar-refractivity contribution >= 4 is 34.1 Å². The average molecular weight is 350 g/mol. The molecule has 0 spiro atoms. The second kappa shape index (κ2) is 6.27. The van der Waals surface area contributed by atoms with Crippen LogP contribution in [0.3, 0.4) is 0 Å². The summed E-state index contributed by atoms with van der Waals surface area (Å²) in [5.41, 5.74) is 5.11. The van der Waals surface area contributed by atoms with E-state index in [1.54, 1.807) is 6.07 Å². The number of fused-ring (bicyclic) bond motifs is 1. The molecule has 0 N–H and O–H groups in total. The second-order valence-electron chi connectivity index (χ2n) is 5.57. The normalized spacial score (nSPS) is 10.9. The lowest BCUT2D eigenvalue weighted by Crippen LogP contribution is -1.90. The third-order valence-electron chi connectivity index (χ3n) is 4.02. The Balaban J connectivity index is 1.99. The Bertz CT molecular complexity index is 1030. The molecular weight excluding hydrogens is 337 g/mol. The lowest BCUT2D eigenvalue weighted by molar-refractivity contribution is 1.40. The smallest absolute Gasteiger partial charge is 0.0716 e. The number of rotatable bonds is 2. The van der Waals surface area contributed by atoms with E-state index >= 15 is 0 Å². The fraction of sp³-hybridized carbons (Fsp3) is 0. The number of nitrogens with zero attached hydrogens (tertiary/aromatic N) is 1. The Morgan fingerprint density at radius 3 is 2.17 bits per heavy atom. The largest absolute Gasteiger partial charge is 0.248 e. The van der Waals surface area contributed by atoms with Gasteiger partial charge < -0.3 is 0 Å². The van der Waals surface area contributed by atoms with E-state index in [2.05, 4.69) is 24.3 Å². The van der Waals surface area contributed by atoms with Gasteiger partial charge in [-0.05, 0) is 35.4 Å². The molecule has 0 fully saturated rings. The van der Waals surface area contributed by atoms with Gasteiger partial charge in [-0.2, -0.15) is 0 Å². The SMILES string of the molecule is Clc1ccc(-c2cc(-c3ccccc3)c3ccccc3n2)cc1Cl. The first-order valence-electron chi connectivity index (χ1n) is 7.63. The molecule has 0 saturated heterocycles. The zero-order valence-corrected chi connectivity index (χ0v) is 14.2. The molecule has 3 heteroatoms. The molecule has 0 bridgehead atoms. The third kappa shape index (κ3) is 2.77. The van der Waals surface area contributed by atoms with Crippen LogP contribution in [0.25, 0.3) is 33.3 Å². The molecule has 1 nitrogen and oxygen atoms in total. The van der Waals surface area contributed by atoms with E-state index in [1.165, 1.54) is 0 Å². The molecule has 1 aromatic heterocycles. The van der Waals surface area contributed by atoms with Gasteiger partial charge in [0.2, 0.25) is 0 Å². The van der Waals surface area contributed by atoms with Gasteiger partial charge >= 0.3 is 0 Å². The van der Waals surface area contributed by atoms with Crippen molar-refractivity contribution in [2.75, 3.05) is 0 Å². The fourth-order valence-electron chi connectivity index (χ4n) is 2.84. The van der Waals surface area contributed by atoms with Crippen LogP contribution in [0.5, 0.6) is 0 Å². The van der Waals surface area contributed by atoms with Gasteiger partial charge in [0, 0.05) is 10.9 Å². The molecular formula is C21H13Cl2N. The van der Waals surface area contributed by atoms with Crippen molar-refractivity contribution in [3.8, 4) is 22.4 Å². The zero-order valence-electron chi connectivity index (χ0n) is 12.7. The Kier molecular flexibility index (Phi) is 3.97. The third-order valence-corrected chi connectivity index (χ3v) is 4.76. The van der Waals surface area contributed by atoms with E-state index < -0.39 is 0 Å². The van der Waals surface area contributed by atoms with Gasteiger partial charge in [0.15, 0.2) is 0 Å². The molecule has 0 radical (unpaired) electrons. The molecule has 0 aliphatic heterocycles. The molecule has 1 heterocycles. The molecule has 24 heavy (non-hydrogen) atoms. The van der Waals surface area contributed by atoms with Crippen molar-refractivity contribution in [3.05, 3.63) is 88.9 Å². The van der Waals surface area contributed by atoms with Gasteiger partial charge in [-0.3, -0.25) is 0 Å². The summed E-state index contributed by atoms with van der Waals surface area (Å²) in [6.07, 6.45) is 0. The molecule has 0 aliphatic rings. The van der Waals surface area contributed by atoms with Crippen molar-refractivity contribution in [2.45, 2.75) is 0 Å². The Morgan fingerprint density at radius 1 is 0.625 bits per heavy atom. The maximum atomic E-state index is 6.18. The van der Waals surface area contributed by atoms with Gasteiger partial charge in [-0.1, -0.05) is 77.8 Å². The standard InChI is InChI=1S/C21H13Cl2N/c22-18-11-10-15(12-19(18)23)21-13-17(14-6-2-1-3-7-14)16-8-4-5-9-20(16)24-21/h1-13H. The van der Waals surface area contributed by atoms with Crippen LogP contribution in [0.1, 0.15) is 0 Å². The van der Waals surface area contributed by atoms with Crippen molar-refractivity contribution in [1.29, 1.82) is 0 Å². The van der Waals surface area contributed by atoms with Gasteiger partial charge in [0.1, 0.15) is 0 Å². The molecule has 0 saturated carbocycles. The molecule has 3 aromatic carbocycles. The summed E-state index contributed by atoms with van der Waals surface area (Å²) < 4.78 is 0. The molecule has 0 unspecified atom stereocenters. The van der Waals surface area contributed by atoms with E-state index in [1.807, 2.05) is 48.5 Å². The molecule has 0 amide bonds. The molecule has 116 valence electrons. The van der Waals surface area contributed by atoms with Crippen LogP contribution in [0.15, 0.2) is 78.9 Å². The highest BCUT2D eigenvalue weighted by molar-refractivity contribution is 6.42. The number of halogens is 2. The van der Waals surface area contributed by atoms with Crippen LogP contribution in [-0.4, -0.2) is 4.98 Å². The Hall–Kier alpha value is -2.35. The minimum absolute atomic E-state index is 0.533. The fourth-order valence-corrected chi connectivity index (χ4v) is 3.13. The molecule has 0 aliphatic carbocycles. The summed E-state index contributed by atoms with van der Waals surface area (Å²) in [6, 6.07) is 26.2. The van der Waals surface area contributed by atoms with Crippen molar-refractivity contribution < 1.29 is 0 Å². The maximum Gasteiger partial charge on any atom is 0.0716 e. The van der Waals surface area contributed by atoms with Crippen molar-refractivity contribution in [3.63, 3.8) is 0 Å². The average Bonchev–Trinajstić information content (AvgIpc) is 2.64. The summed E-state index contributed by atoms with van der Waals surface area (Å²) >= 11 is 12.2. The van der Waals surface area contributed by atoms with Gasteiger partial charge in [0.05, 0.1) is 21.3 Å². The topological polar surface area (TPSA) is 12.9 Å². The van der Waals surface area contributed by atoms with Crippen LogP contribution in [0, 0.1) is 0 Å². The monoisotopic (exact) mass is 349 g/mol. The lowest BCUT2D eigenvalue weighted by Gasteiger charge is -2.11. The number of hydrogen-bond acceptors (Lipinski definition) is 1. The predicted octanol–water partition coefficient (Wildman–Crippen LogP) is 6.88. The molecule has 4 rings (SSSR count). The van der Waals surface area contributed by atoms with E-state index in [9.17, 15) is 0 Å². The first kappa shape index (κ1) is 15.2. The molecule has 4 aromatic rings. The van der Waals surface area contributed by atoms with E-state index in [0.717, 1.165) is 33.3 Å². The first-order chi connectivity index (χ1) is 11.7. The van der Waals surface area contributed by atoms with Gasteiger partial charge in [-0.25, -0.2) is 4.98 Å². The first-order valence-corrected chi connectivity index (χ1v) is 8.38. The van der Waals surface area contributed by atoms with Crippen molar-refractivity contribution in [1.82, 2.24) is 4.98 Å². The van der Waals surface area contributed by atoms with E-state index in [4.69, 9.17) is 28.2 Å². The summed E-state index contributed by atoms with van der Waals surface area (Å²) in [6.45, 7) is 0. The maximum absolute atomic E-state index is 6.18. The van der Waals surface area contributed by atoms with Crippen LogP contribution in [0.4, 0.5) is 0 Å². The number of para-hydroxylation sites is 1. The Morgan fingerprint density at radius 2 is 1.38 bits per heavy atom. The van der Waals surface area contributed by atoms with Crippen LogP contribution >= 0.6 is 23.2 Å². The van der Waals surface area contributed by atoms with Crippen LogP contribution < -0.4 is 0 Å². The minimum atomic E-state index is 0.533. The van der Waals surface area contributed by atoms with Crippen LogP contribution in [-0.2, 0) is 0 Å². The Labute approximate surface area is 150 Å². The van der Waals surface area contributed by atoms with Gasteiger partial charge in [0.25, 0.3) is 0 Å². The summed E-state index contributed by atoms with van der Waals surface area (Å²) in [7, 11) is 0. The number of aromatic nitrogens is 1. The highest BCUT2D eigenvalue weighted by atomic mass is 35.5. The van der Waals surface area contributed by atoms with E-state index in [0.29, 0.717) is 10.0 Å². The quantitative estimate of drug-likeness (QED) is 0.384. The minimum Gasteiger partial charge on any atom is -0.248 e. The van der Waals surface area contributed by atoms with Crippen LogP contribution in [0.2, 0.25) is 10.0 Å². The van der Waals surface area contributed by atoms with Crippen molar-refractivity contribution in [2.24, 2.45) is 0 Å². The summed E-state index contributed by atoms with van der Waals surface area (Å²) in [4.78, 5) is 4.80. The number of benzene rings is 3. The predicted molar refractivity (Wildman–Crippen MR) is 103 cm³/mol. The highest BCUT2D eigenvalue weighted by Crippen LogP contribution is 2.33. The zero-order chi connectivity index (χ0) is 16.5. The van der Waals surface area contributed by atoms with E-state index in [-0.39, 0.29) is 0 Å². The molecule has 0 atom stereocenters. The second-order valence-corrected chi connectivity index (χ2v) is 6.38. The lowest BCUT2D eigenvalue weighted by atomic mass is 9.98. The highest BCUT2D eigenvalue weighted by Gasteiger charge is 2.10. The summed E-state index contributed by atoms with van der Waals surface area (Å²) in [5, 5.41) is 2.21.